The monoisotopic (exact) mass is 222 g/mol. The normalized spacial score (nSPS) is 33.7. The largest absolute Gasteiger partial charge is 0.304 e. The van der Waals surface area contributed by atoms with E-state index in [-0.39, 0.29) is 6.04 Å². The van der Waals surface area contributed by atoms with Crippen LogP contribution in [0.25, 0.3) is 0 Å². The molecule has 0 unspecified atom stereocenters. The van der Waals surface area contributed by atoms with E-state index in [1.807, 2.05) is 18.3 Å². The Morgan fingerprint density at radius 2 is 2.33 bits per heavy atom. The van der Waals surface area contributed by atoms with Crippen LogP contribution in [0.5, 0.6) is 0 Å². The number of hydrogen-bond donors (Lipinski definition) is 1. The van der Waals surface area contributed by atoms with Gasteiger partial charge < -0.3 is 5.32 Å². The van der Waals surface area contributed by atoms with Crippen LogP contribution in [0.15, 0.2) is 18.3 Å². The minimum absolute atomic E-state index is 0.0793. The number of carbonyl (C=O) groups is 1. The Morgan fingerprint density at radius 1 is 1.47 bits per heavy atom. The highest BCUT2D eigenvalue weighted by Crippen LogP contribution is 2.38. The Hall–Kier alpha value is -0.930. The van der Waals surface area contributed by atoms with E-state index in [0.29, 0.717) is 29.3 Å². The van der Waals surface area contributed by atoms with Crippen molar-refractivity contribution in [3.05, 3.63) is 29.0 Å². The number of aromatic nitrogens is 1. The molecule has 1 aromatic rings. The first kappa shape index (κ1) is 9.31. The van der Waals surface area contributed by atoms with Crippen molar-refractivity contribution >= 4 is 17.4 Å². The highest BCUT2D eigenvalue weighted by Gasteiger charge is 2.45. The lowest BCUT2D eigenvalue weighted by Crippen LogP contribution is -2.22. The minimum atomic E-state index is 0.0793. The second-order valence-electron chi connectivity index (χ2n) is 4.25. The third kappa shape index (κ3) is 1.46. The second-order valence-corrected chi connectivity index (χ2v) is 4.64. The number of Topliss-reactive ketones (excluding diaryl/α,β-unsaturated/α-hetero) is 1. The van der Waals surface area contributed by atoms with Crippen LogP contribution < -0.4 is 5.32 Å². The summed E-state index contributed by atoms with van der Waals surface area (Å²) in [7, 11) is 0. The van der Waals surface area contributed by atoms with Gasteiger partial charge >= 0.3 is 0 Å². The van der Waals surface area contributed by atoms with Crippen molar-refractivity contribution in [2.75, 3.05) is 0 Å². The molecule has 0 spiro atoms. The van der Waals surface area contributed by atoms with Gasteiger partial charge in [-0.3, -0.25) is 4.79 Å². The van der Waals surface area contributed by atoms with E-state index in [9.17, 15) is 4.79 Å². The molecule has 1 aromatic heterocycles. The number of ketones is 1. The molecule has 2 aliphatic rings. The summed E-state index contributed by atoms with van der Waals surface area (Å²) in [5.41, 5.74) is 1.19. The van der Waals surface area contributed by atoms with Crippen LogP contribution in [0.2, 0.25) is 5.15 Å². The van der Waals surface area contributed by atoms with Crippen LogP contribution in [0.3, 0.4) is 0 Å². The Labute approximate surface area is 92.8 Å². The average Bonchev–Trinajstić information content (AvgIpc) is 2.77. The Morgan fingerprint density at radius 3 is 2.87 bits per heavy atom. The molecule has 0 saturated carbocycles. The summed E-state index contributed by atoms with van der Waals surface area (Å²) in [5, 5.41) is 3.85. The topological polar surface area (TPSA) is 42.0 Å². The fourth-order valence-electron chi connectivity index (χ4n) is 2.62. The molecule has 3 heterocycles. The van der Waals surface area contributed by atoms with E-state index < -0.39 is 0 Å². The Kier molecular flexibility index (Phi) is 2.04. The molecular weight excluding hydrogens is 212 g/mol. The lowest BCUT2D eigenvalue weighted by atomic mass is 9.84. The van der Waals surface area contributed by atoms with Gasteiger partial charge in [-0.05, 0) is 18.1 Å². The van der Waals surface area contributed by atoms with Crippen LogP contribution in [0, 0.1) is 0 Å². The Bertz CT molecular complexity index is 404. The Balaban J connectivity index is 1.85. The molecule has 0 amide bonds. The highest BCUT2D eigenvalue weighted by molar-refractivity contribution is 6.29. The molecule has 3 rings (SSSR count). The third-order valence-electron chi connectivity index (χ3n) is 3.38. The van der Waals surface area contributed by atoms with Crippen molar-refractivity contribution < 1.29 is 4.79 Å². The van der Waals surface area contributed by atoms with Crippen LogP contribution >= 0.6 is 11.6 Å². The van der Waals surface area contributed by atoms with Gasteiger partial charge in [0.1, 0.15) is 5.15 Å². The molecule has 3 atom stereocenters. The van der Waals surface area contributed by atoms with Gasteiger partial charge in [0.25, 0.3) is 0 Å². The first-order valence-corrected chi connectivity index (χ1v) is 5.52. The molecule has 0 radical (unpaired) electrons. The van der Waals surface area contributed by atoms with E-state index in [1.165, 1.54) is 5.56 Å². The van der Waals surface area contributed by atoms with Crippen LogP contribution in [0.4, 0.5) is 0 Å². The van der Waals surface area contributed by atoms with Gasteiger partial charge in [0, 0.05) is 24.6 Å². The number of nitrogens with zero attached hydrogens (tertiary/aromatic N) is 1. The molecular formula is C11H11ClN2O. The van der Waals surface area contributed by atoms with E-state index >= 15 is 0 Å². The van der Waals surface area contributed by atoms with Crippen molar-refractivity contribution in [2.45, 2.75) is 30.8 Å². The number of pyridine rings is 1. The first-order chi connectivity index (χ1) is 7.24. The average molecular weight is 223 g/mol. The number of rotatable bonds is 1. The molecule has 15 heavy (non-hydrogen) atoms. The summed E-state index contributed by atoms with van der Waals surface area (Å²) in [6, 6.07) is 4.21. The number of halogens is 1. The lowest BCUT2D eigenvalue weighted by Gasteiger charge is -2.19. The molecule has 2 bridgehead atoms. The molecule has 1 N–H and O–H groups in total. The fourth-order valence-corrected chi connectivity index (χ4v) is 2.73. The van der Waals surface area contributed by atoms with Crippen molar-refractivity contribution in [3.8, 4) is 0 Å². The summed E-state index contributed by atoms with van der Waals surface area (Å²) < 4.78 is 0. The number of carbonyl (C=O) groups excluding carboxylic acids is 1. The van der Waals surface area contributed by atoms with Crippen molar-refractivity contribution in [3.63, 3.8) is 0 Å². The van der Waals surface area contributed by atoms with Gasteiger partial charge in [-0.15, -0.1) is 0 Å². The molecule has 0 aliphatic carbocycles. The predicted molar refractivity (Wildman–Crippen MR) is 56.9 cm³/mol. The molecule has 2 saturated heterocycles. The molecule has 78 valence electrons. The van der Waals surface area contributed by atoms with E-state index in [2.05, 4.69) is 10.3 Å². The fraction of sp³-hybridized carbons (Fsp3) is 0.455. The molecule has 0 aromatic carbocycles. The van der Waals surface area contributed by atoms with Crippen molar-refractivity contribution in [1.82, 2.24) is 10.3 Å². The highest BCUT2D eigenvalue weighted by atomic mass is 35.5. The summed E-state index contributed by atoms with van der Waals surface area (Å²) >= 11 is 5.74. The summed E-state index contributed by atoms with van der Waals surface area (Å²) in [4.78, 5) is 15.4. The summed E-state index contributed by atoms with van der Waals surface area (Å²) in [6.45, 7) is 0. The summed E-state index contributed by atoms with van der Waals surface area (Å²) in [6.07, 6.45) is 3.39. The van der Waals surface area contributed by atoms with E-state index in [0.717, 1.165) is 6.42 Å². The maximum Gasteiger partial charge on any atom is 0.151 e. The van der Waals surface area contributed by atoms with Crippen LogP contribution in [-0.2, 0) is 4.79 Å². The number of hydrogen-bond acceptors (Lipinski definition) is 3. The maximum atomic E-state index is 11.4. The predicted octanol–water partition coefficient (Wildman–Crippen LogP) is 1.52. The van der Waals surface area contributed by atoms with Crippen LogP contribution in [0.1, 0.15) is 24.3 Å². The van der Waals surface area contributed by atoms with Gasteiger partial charge in [-0.25, -0.2) is 4.98 Å². The summed E-state index contributed by atoms with van der Waals surface area (Å²) in [5.74, 6) is 0.788. The molecule has 4 heteroatoms. The van der Waals surface area contributed by atoms with Gasteiger partial charge in [0.05, 0.1) is 6.04 Å². The van der Waals surface area contributed by atoms with Crippen molar-refractivity contribution in [1.29, 1.82) is 0 Å². The minimum Gasteiger partial charge on any atom is -0.304 e. The second kappa shape index (κ2) is 3.29. The zero-order chi connectivity index (χ0) is 10.4. The third-order valence-corrected chi connectivity index (χ3v) is 3.60. The van der Waals surface area contributed by atoms with Gasteiger partial charge in [0.15, 0.2) is 5.78 Å². The van der Waals surface area contributed by atoms with Crippen molar-refractivity contribution in [2.24, 2.45) is 0 Å². The molecule has 2 aliphatic heterocycles. The standard InChI is InChI=1S/C11H11ClN2O/c12-11-2-1-6(5-13-11)7-3-9-10(15)4-8(7)14-9/h1-2,5,7-9,14H,3-4H2/t7-,8-,9-/m1/s1. The molecule has 2 fully saturated rings. The zero-order valence-electron chi connectivity index (χ0n) is 8.11. The number of fused-ring (bicyclic) bond motifs is 2. The smallest absolute Gasteiger partial charge is 0.151 e. The van der Waals surface area contributed by atoms with Crippen LogP contribution in [-0.4, -0.2) is 22.9 Å². The number of nitrogens with one attached hydrogen (secondary N) is 1. The van der Waals surface area contributed by atoms with Gasteiger partial charge in [0.2, 0.25) is 0 Å². The maximum absolute atomic E-state index is 11.4. The lowest BCUT2D eigenvalue weighted by molar-refractivity contribution is -0.119. The quantitative estimate of drug-likeness (QED) is 0.733. The van der Waals surface area contributed by atoms with E-state index in [1.54, 1.807) is 0 Å². The van der Waals surface area contributed by atoms with E-state index in [4.69, 9.17) is 11.6 Å². The van der Waals surface area contributed by atoms with Gasteiger partial charge in [-0.1, -0.05) is 17.7 Å². The zero-order valence-corrected chi connectivity index (χ0v) is 8.87. The SMILES string of the molecule is O=C1C[C@H]2N[C@@H]1C[C@@H]2c1ccc(Cl)nc1. The molecule has 3 nitrogen and oxygen atoms in total. The first-order valence-electron chi connectivity index (χ1n) is 5.14. The van der Waals surface area contributed by atoms with Gasteiger partial charge in [-0.2, -0.15) is 0 Å².